The molecular formula is C15H21Cl2NO2S. The topological polar surface area (TPSA) is 32.7 Å². The molecule has 1 aromatic rings. The fourth-order valence-corrected chi connectivity index (χ4v) is 3.95. The molecule has 21 heavy (non-hydrogen) atoms. The van der Waals surface area contributed by atoms with E-state index in [1.807, 2.05) is 19.2 Å². The predicted molar refractivity (Wildman–Crippen MR) is 89.7 cm³/mol. The van der Waals surface area contributed by atoms with E-state index in [4.69, 9.17) is 27.9 Å². The molecule has 118 valence electrons. The first-order chi connectivity index (χ1) is 9.98. The molecule has 0 spiro atoms. The van der Waals surface area contributed by atoms with Crippen LogP contribution in [0.2, 0.25) is 10.0 Å². The van der Waals surface area contributed by atoms with E-state index < -0.39 is 5.60 Å². The van der Waals surface area contributed by atoms with Gasteiger partial charge in [-0.25, -0.2) is 0 Å². The number of halogens is 2. The maximum absolute atomic E-state index is 10.5. The van der Waals surface area contributed by atoms with Crippen LogP contribution in [0, 0.1) is 0 Å². The molecule has 1 fully saturated rings. The number of hydrogen-bond acceptors (Lipinski definition) is 4. The van der Waals surface area contributed by atoms with Gasteiger partial charge in [0.2, 0.25) is 0 Å². The molecule has 0 saturated carbocycles. The van der Waals surface area contributed by atoms with Crippen molar-refractivity contribution < 1.29 is 9.84 Å². The van der Waals surface area contributed by atoms with Crippen LogP contribution in [0.3, 0.4) is 0 Å². The highest BCUT2D eigenvalue weighted by molar-refractivity contribution is 7.99. The molecule has 1 aliphatic heterocycles. The Labute approximate surface area is 140 Å². The van der Waals surface area contributed by atoms with Gasteiger partial charge in [-0.15, -0.1) is 11.8 Å². The minimum Gasteiger partial charge on any atom is -0.388 e. The molecule has 2 rings (SSSR count). The van der Waals surface area contributed by atoms with E-state index in [1.54, 1.807) is 17.8 Å². The van der Waals surface area contributed by atoms with Gasteiger partial charge in [0, 0.05) is 54.8 Å². The molecule has 1 aliphatic rings. The van der Waals surface area contributed by atoms with Crippen molar-refractivity contribution in [2.24, 2.45) is 0 Å². The van der Waals surface area contributed by atoms with Crippen molar-refractivity contribution in [3.8, 4) is 0 Å². The van der Waals surface area contributed by atoms with Crippen LogP contribution in [0.5, 0.6) is 0 Å². The fraction of sp³-hybridized carbons (Fsp3) is 0.600. The quantitative estimate of drug-likeness (QED) is 0.796. The second-order valence-corrected chi connectivity index (χ2v) is 7.48. The zero-order valence-corrected chi connectivity index (χ0v) is 14.5. The lowest BCUT2D eigenvalue weighted by Crippen LogP contribution is -2.46. The van der Waals surface area contributed by atoms with Crippen LogP contribution >= 0.6 is 35.0 Å². The summed E-state index contributed by atoms with van der Waals surface area (Å²) in [5.41, 5.74) is -0.606. The first-order valence-corrected chi connectivity index (χ1v) is 8.79. The number of rotatable bonds is 6. The highest BCUT2D eigenvalue weighted by Gasteiger charge is 2.30. The van der Waals surface area contributed by atoms with E-state index in [-0.39, 0.29) is 0 Å². The van der Waals surface area contributed by atoms with Crippen LogP contribution in [0.1, 0.15) is 12.8 Å². The molecule has 3 nitrogen and oxygen atoms in total. The van der Waals surface area contributed by atoms with Crippen LogP contribution in [0.4, 0.5) is 0 Å². The van der Waals surface area contributed by atoms with Gasteiger partial charge in [-0.1, -0.05) is 23.2 Å². The number of nitrogens with zero attached hydrogens (tertiary/aromatic N) is 1. The van der Waals surface area contributed by atoms with Crippen LogP contribution < -0.4 is 0 Å². The van der Waals surface area contributed by atoms with E-state index in [2.05, 4.69) is 4.90 Å². The Balaban J connectivity index is 1.76. The first kappa shape index (κ1) is 17.4. The number of thioether (sulfide) groups is 1. The average Bonchev–Trinajstić information content (AvgIpc) is 2.43. The molecule has 0 bridgehead atoms. The van der Waals surface area contributed by atoms with Gasteiger partial charge in [0.1, 0.15) is 0 Å². The number of benzene rings is 1. The maximum Gasteiger partial charge on any atom is 0.0817 e. The standard InChI is InChI=1S/C15H21Cl2NO2S/c1-18(11-15(19)4-7-20-8-5-15)6-9-21-14-10-12(16)2-3-13(14)17/h2-3,10,19H,4-9,11H2,1H3. The van der Waals surface area contributed by atoms with Gasteiger partial charge in [0.05, 0.1) is 10.6 Å². The van der Waals surface area contributed by atoms with Gasteiger partial charge in [0.25, 0.3) is 0 Å². The van der Waals surface area contributed by atoms with Crippen molar-refractivity contribution in [2.75, 3.05) is 39.1 Å². The van der Waals surface area contributed by atoms with Crippen LogP contribution in [-0.4, -0.2) is 54.7 Å². The second-order valence-electron chi connectivity index (χ2n) is 5.50. The SMILES string of the molecule is CN(CCSc1cc(Cl)ccc1Cl)CC1(O)CCOCC1. The molecule has 0 radical (unpaired) electrons. The lowest BCUT2D eigenvalue weighted by molar-refractivity contribution is -0.0762. The Bertz CT molecular complexity index is 467. The minimum atomic E-state index is -0.606. The smallest absolute Gasteiger partial charge is 0.0817 e. The van der Waals surface area contributed by atoms with E-state index in [0.717, 1.165) is 22.2 Å². The summed E-state index contributed by atoms with van der Waals surface area (Å²) < 4.78 is 5.30. The molecule has 1 aromatic carbocycles. The minimum absolute atomic E-state index is 0.606. The Morgan fingerprint density at radius 1 is 1.33 bits per heavy atom. The Hall–Kier alpha value is 0.0300. The van der Waals surface area contributed by atoms with Crippen LogP contribution in [-0.2, 0) is 4.74 Å². The predicted octanol–water partition coefficient (Wildman–Crippen LogP) is 3.56. The molecular weight excluding hydrogens is 329 g/mol. The fourth-order valence-electron chi connectivity index (χ4n) is 2.39. The highest BCUT2D eigenvalue weighted by Crippen LogP contribution is 2.30. The summed E-state index contributed by atoms with van der Waals surface area (Å²) in [7, 11) is 2.04. The van der Waals surface area contributed by atoms with Crippen molar-refractivity contribution in [3.05, 3.63) is 28.2 Å². The molecule has 0 atom stereocenters. The third-order valence-electron chi connectivity index (χ3n) is 3.61. The average molecular weight is 350 g/mol. The van der Waals surface area contributed by atoms with Crippen molar-refractivity contribution >= 4 is 35.0 Å². The second kappa shape index (κ2) is 8.04. The van der Waals surface area contributed by atoms with Crippen molar-refractivity contribution in [1.82, 2.24) is 4.90 Å². The molecule has 1 N–H and O–H groups in total. The van der Waals surface area contributed by atoms with E-state index in [9.17, 15) is 5.11 Å². The monoisotopic (exact) mass is 349 g/mol. The summed E-state index contributed by atoms with van der Waals surface area (Å²) in [4.78, 5) is 3.17. The maximum atomic E-state index is 10.5. The lowest BCUT2D eigenvalue weighted by Gasteiger charge is -2.35. The number of ether oxygens (including phenoxy) is 1. The molecule has 0 aromatic heterocycles. The third-order valence-corrected chi connectivity index (χ3v) is 5.32. The van der Waals surface area contributed by atoms with Gasteiger partial charge in [-0.3, -0.25) is 0 Å². The van der Waals surface area contributed by atoms with Gasteiger partial charge in [-0.05, 0) is 25.2 Å². The summed E-state index contributed by atoms with van der Waals surface area (Å²) in [6.45, 7) is 2.87. The van der Waals surface area contributed by atoms with E-state index in [1.165, 1.54) is 0 Å². The largest absolute Gasteiger partial charge is 0.388 e. The molecule has 0 unspecified atom stereocenters. The zero-order chi connectivity index (χ0) is 15.3. The molecule has 0 amide bonds. The van der Waals surface area contributed by atoms with Crippen molar-refractivity contribution in [1.29, 1.82) is 0 Å². The highest BCUT2D eigenvalue weighted by atomic mass is 35.5. The zero-order valence-electron chi connectivity index (χ0n) is 12.1. The van der Waals surface area contributed by atoms with E-state index >= 15 is 0 Å². The lowest BCUT2D eigenvalue weighted by atomic mass is 9.94. The van der Waals surface area contributed by atoms with Gasteiger partial charge >= 0.3 is 0 Å². The Kier molecular flexibility index (Phi) is 6.66. The molecule has 1 heterocycles. The summed E-state index contributed by atoms with van der Waals surface area (Å²) in [5, 5.41) is 11.9. The Morgan fingerprint density at radius 3 is 2.76 bits per heavy atom. The molecule has 0 aliphatic carbocycles. The number of aliphatic hydroxyl groups is 1. The number of likely N-dealkylation sites (N-methyl/N-ethyl adjacent to an activating group) is 1. The van der Waals surface area contributed by atoms with Gasteiger partial charge < -0.3 is 14.7 Å². The summed E-state index contributed by atoms with van der Waals surface area (Å²) in [5.74, 6) is 0.906. The summed E-state index contributed by atoms with van der Waals surface area (Å²) in [6.07, 6.45) is 1.43. The normalized spacial score (nSPS) is 18.1. The molecule has 6 heteroatoms. The van der Waals surface area contributed by atoms with E-state index in [0.29, 0.717) is 37.6 Å². The van der Waals surface area contributed by atoms with Gasteiger partial charge in [0.15, 0.2) is 0 Å². The van der Waals surface area contributed by atoms with Crippen LogP contribution in [0.15, 0.2) is 23.1 Å². The molecule has 1 saturated heterocycles. The van der Waals surface area contributed by atoms with Crippen molar-refractivity contribution in [2.45, 2.75) is 23.3 Å². The number of hydrogen-bond donors (Lipinski definition) is 1. The summed E-state index contributed by atoms with van der Waals surface area (Å²) in [6, 6.07) is 5.50. The summed E-state index contributed by atoms with van der Waals surface area (Å²) >= 11 is 13.8. The van der Waals surface area contributed by atoms with Crippen molar-refractivity contribution in [3.63, 3.8) is 0 Å². The van der Waals surface area contributed by atoms with Crippen LogP contribution in [0.25, 0.3) is 0 Å². The van der Waals surface area contributed by atoms with Gasteiger partial charge in [-0.2, -0.15) is 0 Å². The third kappa shape index (κ3) is 5.62. The Morgan fingerprint density at radius 2 is 2.05 bits per heavy atom. The first-order valence-electron chi connectivity index (χ1n) is 7.05.